The van der Waals surface area contributed by atoms with Crippen LogP contribution in [-0.4, -0.2) is 46.8 Å². The number of nitrogens with zero attached hydrogens (tertiary/aromatic N) is 2. The minimum atomic E-state index is -4.53. The van der Waals surface area contributed by atoms with E-state index in [1.165, 1.54) is 7.11 Å². The van der Waals surface area contributed by atoms with Gasteiger partial charge in [0.1, 0.15) is 6.54 Å². The molecule has 1 N–H and O–H groups in total. The molecule has 0 saturated carbocycles. The number of amides is 1. The first-order valence-electron chi connectivity index (χ1n) is 8.62. The second-order valence-corrected chi connectivity index (χ2v) is 6.68. The average molecular weight is 383 g/mol. The van der Waals surface area contributed by atoms with E-state index in [0.29, 0.717) is 17.4 Å². The van der Waals surface area contributed by atoms with Crippen LogP contribution in [0.5, 0.6) is 0 Å². The van der Waals surface area contributed by atoms with E-state index in [2.05, 4.69) is 14.9 Å². The first-order valence-corrected chi connectivity index (χ1v) is 8.62. The molecule has 1 aliphatic rings. The molecular weight excluding hydrogens is 363 g/mol. The van der Waals surface area contributed by atoms with Gasteiger partial charge in [-0.05, 0) is 29.5 Å². The first kappa shape index (κ1) is 19.2. The molecule has 1 atom stereocenters. The number of carbonyl (C=O) groups is 2. The second-order valence-electron chi connectivity index (χ2n) is 6.68. The van der Waals surface area contributed by atoms with Crippen LogP contribution in [0.3, 0.4) is 0 Å². The Bertz CT molecular complexity index is 876. The number of hydrogen-bond acceptors (Lipinski definition) is 4. The average Bonchev–Trinajstić information content (AvgIpc) is 3.05. The molecule has 0 spiro atoms. The summed E-state index contributed by atoms with van der Waals surface area (Å²) in [5.41, 5.74) is 3.14. The number of nitrogens with one attached hydrogen (secondary N) is 1. The summed E-state index contributed by atoms with van der Waals surface area (Å²) in [6.07, 6.45) is -2.33. The third-order valence-electron chi connectivity index (χ3n) is 4.89. The van der Waals surface area contributed by atoms with Gasteiger partial charge in [-0.3, -0.25) is 14.7 Å². The summed E-state index contributed by atoms with van der Waals surface area (Å²) in [7, 11) is 1.19. The normalized spacial score (nSPS) is 17.7. The Morgan fingerprint density at radius 3 is 2.81 bits per heavy atom. The second kappa shape index (κ2) is 7.21. The molecule has 0 radical (unpaired) electrons. The summed E-state index contributed by atoms with van der Waals surface area (Å²) in [4.78, 5) is 25.2. The Morgan fingerprint density at radius 1 is 1.44 bits per heavy atom. The van der Waals surface area contributed by atoms with Crippen molar-refractivity contribution in [2.75, 3.05) is 13.7 Å². The molecule has 3 rings (SSSR count). The number of hydrogen-bond donors (Lipinski definition) is 1. The van der Waals surface area contributed by atoms with Gasteiger partial charge in [0.2, 0.25) is 5.91 Å². The number of carbonyl (C=O) groups excluding carboxylic acids is 2. The van der Waals surface area contributed by atoms with Crippen molar-refractivity contribution in [2.45, 2.75) is 38.9 Å². The maximum atomic E-state index is 13.0. The Morgan fingerprint density at radius 2 is 2.19 bits per heavy atom. The lowest BCUT2D eigenvalue weighted by Gasteiger charge is -2.25. The van der Waals surface area contributed by atoms with E-state index in [9.17, 15) is 22.8 Å². The Labute approximate surface area is 153 Å². The van der Waals surface area contributed by atoms with E-state index in [1.807, 2.05) is 13.0 Å². The van der Waals surface area contributed by atoms with Crippen LogP contribution in [0.1, 0.15) is 30.0 Å². The van der Waals surface area contributed by atoms with E-state index in [0.717, 1.165) is 21.5 Å². The molecule has 0 fully saturated rings. The molecule has 0 bridgehead atoms. The highest BCUT2D eigenvalue weighted by Crippen LogP contribution is 2.33. The number of rotatable bonds is 4. The lowest BCUT2D eigenvalue weighted by molar-refractivity contribution is -0.165. The highest BCUT2D eigenvalue weighted by Gasteiger charge is 2.39. The van der Waals surface area contributed by atoms with Crippen LogP contribution in [0.4, 0.5) is 13.2 Å². The van der Waals surface area contributed by atoms with Gasteiger partial charge in [-0.25, -0.2) is 0 Å². The number of benzene rings is 1. The molecule has 146 valence electrons. The Balaban J connectivity index is 2.10. The van der Waals surface area contributed by atoms with Crippen molar-refractivity contribution in [1.82, 2.24) is 15.1 Å². The zero-order chi connectivity index (χ0) is 19.8. The van der Waals surface area contributed by atoms with Crippen molar-refractivity contribution < 1.29 is 27.5 Å². The number of H-pyrrole nitrogens is 1. The SMILES string of the molecule is CCc1cc2c(c3cn[nH]c13)CN(CC(F)(F)F)C(=O)C(CC(=O)OC)C2. The molecule has 0 saturated heterocycles. The van der Waals surface area contributed by atoms with Crippen LogP contribution in [-0.2, 0) is 33.7 Å². The number of alkyl halides is 3. The van der Waals surface area contributed by atoms with E-state index in [-0.39, 0.29) is 19.4 Å². The van der Waals surface area contributed by atoms with Crippen molar-refractivity contribution in [3.63, 3.8) is 0 Å². The van der Waals surface area contributed by atoms with Crippen LogP contribution >= 0.6 is 0 Å². The summed E-state index contributed by atoms with van der Waals surface area (Å²) in [5.74, 6) is -2.21. The minimum absolute atomic E-state index is 0.175. The molecule has 1 aromatic carbocycles. The molecule has 1 aliphatic heterocycles. The van der Waals surface area contributed by atoms with Gasteiger partial charge in [0.05, 0.1) is 31.2 Å². The monoisotopic (exact) mass is 383 g/mol. The van der Waals surface area contributed by atoms with Gasteiger partial charge < -0.3 is 9.64 Å². The number of methoxy groups -OCH3 is 1. The lowest BCUT2D eigenvalue weighted by atomic mass is 9.91. The van der Waals surface area contributed by atoms with Crippen molar-refractivity contribution in [3.8, 4) is 0 Å². The number of esters is 1. The molecule has 9 heteroatoms. The summed E-state index contributed by atoms with van der Waals surface area (Å²) in [5, 5.41) is 7.62. The molecule has 1 unspecified atom stereocenters. The molecule has 0 aliphatic carbocycles. The molecule has 1 aromatic heterocycles. The topological polar surface area (TPSA) is 75.3 Å². The number of aryl methyl sites for hydroxylation is 1. The minimum Gasteiger partial charge on any atom is -0.469 e. The van der Waals surface area contributed by atoms with E-state index < -0.39 is 30.5 Å². The predicted octanol–water partition coefficient (Wildman–Crippen LogP) is 2.75. The molecule has 6 nitrogen and oxygen atoms in total. The van der Waals surface area contributed by atoms with Crippen LogP contribution in [0.15, 0.2) is 12.3 Å². The van der Waals surface area contributed by atoms with E-state index in [1.54, 1.807) is 6.20 Å². The highest BCUT2D eigenvalue weighted by atomic mass is 19.4. The van der Waals surface area contributed by atoms with Gasteiger partial charge in [0.15, 0.2) is 0 Å². The van der Waals surface area contributed by atoms with E-state index in [4.69, 9.17) is 0 Å². The van der Waals surface area contributed by atoms with Crippen molar-refractivity contribution in [3.05, 3.63) is 29.0 Å². The summed E-state index contributed by atoms with van der Waals surface area (Å²) >= 11 is 0. The molecular formula is C18H20F3N3O3. The fourth-order valence-corrected chi connectivity index (χ4v) is 3.62. The first-order chi connectivity index (χ1) is 12.7. The molecule has 1 amide bonds. The maximum Gasteiger partial charge on any atom is 0.406 e. The third kappa shape index (κ3) is 3.91. The molecule has 27 heavy (non-hydrogen) atoms. The lowest BCUT2D eigenvalue weighted by Crippen LogP contribution is -2.41. The fraction of sp³-hybridized carbons (Fsp3) is 0.500. The Kier molecular flexibility index (Phi) is 5.12. The third-order valence-corrected chi connectivity index (χ3v) is 4.89. The van der Waals surface area contributed by atoms with E-state index >= 15 is 0 Å². The number of aromatic amines is 1. The summed E-state index contributed by atoms with van der Waals surface area (Å²) in [6.45, 7) is 0.426. The molecule has 2 aromatic rings. The fourth-order valence-electron chi connectivity index (χ4n) is 3.62. The zero-order valence-corrected chi connectivity index (χ0v) is 15.0. The zero-order valence-electron chi connectivity index (χ0n) is 15.0. The van der Waals surface area contributed by atoms with Crippen LogP contribution < -0.4 is 0 Å². The van der Waals surface area contributed by atoms with Crippen LogP contribution in [0, 0.1) is 5.92 Å². The van der Waals surface area contributed by atoms with Gasteiger partial charge in [0, 0.05) is 11.9 Å². The quantitative estimate of drug-likeness (QED) is 0.824. The number of fused-ring (bicyclic) bond motifs is 3. The van der Waals surface area contributed by atoms with Gasteiger partial charge >= 0.3 is 12.1 Å². The van der Waals surface area contributed by atoms with Gasteiger partial charge in [-0.1, -0.05) is 13.0 Å². The van der Waals surface area contributed by atoms with Crippen LogP contribution in [0.2, 0.25) is 0 Å². The van der Waals surface area contributed by atoms with Gasteiger partial charge in [-0.15, -0.1) is 0 Å². The van der Waals surface area contributed by atoms with Gasteiger partial charge in [0.25, 0.3) is 0 Å². The van der Waals surface area contributed by atoms with Crippen molar-refractivity contribution in [2.24, 2.45) is 5.92 Å². The van der Waals surface area contributed by atoms with Crippen LogP contribution in [0.25, 0.3) is 10.9 Å². The number of halogens is 3. The number of aromatic nitrogens is 2. The standard InChI is InChI=1S/C18H20F3N3O3/c1-3-10-4-11-5-12(6-15(25)27-2)17(26)24(9-18(19,20)21)8-14(11)13-7-22-23-16(10)13/h4,7,12H,3,5-6,8-9H2,1-2H3,(H,22,23). The summed E-state index contributed by atoms with van der Waals surface area (Å²) in [6, 6.07) is 1.89. The Hall–Kier alpha value is -2.58. The van der Waals surface area contributed by atoms with Crippen molar-refractivity contribution in [1.29, 1.82) is 0 Å². The number of ether oxygens (including phenoxy) is 1. The van der Waals surface area contributed by atoms with Crippen molar-refractivity contribution >= 4 is 22.8 Å². The van der Waals surface area contributed by atoms with Gasteiger partial charge in [-0.2, -0.15) is 18.3 Å². The smallest absolute Gasteiger partial charge is 0.406 e. The summed E-state index contributed by atoms with van der Waals surface area (Å²) < 4.78 is 43.8. The molecule has 2 heterocycles. The predicted molar refractivity (Wildman–Crippen MR) is 90.8 cm³/mol. The largest absolute Gasteiger partial charge is 0.469 e. The highest BCUT2D eigenvalue weighted by molar-refractivity contribution is 5.89. The maximum absolute atomic E-state index is 13.0.